The molecule has 10 heteroatoms. The van der Waals surface area contributed by atoms with Gasteiger partial charge in [-0.05, 0) is 36.9 Å². The maximum absolute atomic E-state index is 12.0. The van der Waals surface area contributed by atoms with E-state index in [1.807, 2.05) is 0 Å². The van der Waals surface area contributed by atoms with Gasteiger partial charge in [0.15, 0.2) is 5.75 Å². The van der Waals surface area contributed by atoms with Gasteiger partial charge in [0.1, 0.15) is 5.69 Å². The molecule has 6 nitrogen and oxygen atoms in total. The molecule has 2 aromatic rings. The highest BCUT2D eigenvalue weighted by Gasteiger charge is 2.16. The Balaban J connectivity index is 2.16. The van der Waals surface area contributed by atoms with Gasteiger partial charge in [0, 0.05) is 6.08 Å². The first-order valence-electron chi connectivity index (χ1n) is 7.05. The summed E-state index contributed by atoms with van der Waals surface area (Å²) < 4.78 is 25.5. The predicted molar refractivity (Wildman–Crippen MR) is 103 cm³/mol. The zero-order valence-corrected chi connectivity index (χ0v) is 16.3. The van der Waals surface area contributed by atoms with E-state index in [9.17, 15) is 18.3 Å². The standard InChI is InChI=1S/C16H13Cl3N2O4S/c1-20-26(24,25)10-5-2-9(3-6-10)4-7-13(22)21-15-14(19)11(17)8-12(18)16(15)23/h2-8,20,23H,1H3,(H,21,22)/b7-4+. The molecule has 2 rings (SSSR count). The van der Waals surface area contributed by atoms with Crippen molar-refractivity contribution >= 4 is 62.5 Å². The highest BCUT2D eigenvalue weighted by Crippen LogP contribution is 2.42. The van der Waals surface area contributed by atoms with Crippen LogP contribution in [0.3, 0.4) is 0 Å². The van der Waals surface area contributed by atoms with Gasteiger partial charge in [-0.1, -0.05) is 46.9 Å². The Morgan fingerprint density at radius 2 is 1.73 bits per heavy atom. The summed E-state index contributed by atoms with van der Waals surface area (Å²) in [5.41, 5.74) is 0.490. The molecule has 2 aromatic carbocycles. The molecule has 0 heterocycles. The summed E-state index contributed by atoms with van der Waals surface area (Å²) in [7, 11) is -2.21. The van der Waals surface area contributed by atoms with Crippen LogP contribution in [-0.4, -0.2) is 26.5 Å². The average Bonchev–Trinajstić information content (AvgIpc) is 2.62. The largest absolute Gasteiger partial charge is 0.504 e. The summed E-state index contributed by atoms with van der Waals surface area (Å²) in [5, 5.41) is 12.3. The van der Waals surface area contributed by atoms with E-state index in [2.05, 4.69) is 10.0 Å². The molecule has 0 spiro atoms. The Morgan fingerprint density at radius 1 is 1.12 bits per heavy atom. The second-order valence-electron chi connectivity index (χ2n) is 4.98. The number of rotatable bonds is 5. The summed E-state index contributed by atoms with van der Waals surface area (Å²) in [4.78, 5) is 12.1. The minimum atomic E-state index is -3.53. The van der Waals surface area contributed by atoms with E-state index in [4.69, 9.17) is 34.8 Å². The number of nitrogens with one attached hydrogen (secondary N) is 2. The Morgan fingerprint density at radius 3 is 2.31 bits per heavy atom. The zero-order chi connectivity index (χ0) is 19.5. The molecule has 0 aromatic heterocycles. The topological polar surface area (TPSA) is 95.5 Å². The van der Waals surface area contributed by atoms with Crippen molar-refractivity contribution in [3.8, 4) is 5.75 Å². The fourth-order valence-corrected chi connectivity index (χ4v) is 3.30. The van der Waals surface area contributed by atoms with Crippen LogP contribution in [0, 0.1) is 0 Å². The summed E-state index contributed by atoms with van der Waals surface area (Å²) in [6, 6.07) is 7.14. The normalized spacial score (nSPS) is 11.7. The third kappa shape index (κ3) is 4.69. The Kier molecular flexibility index (Phi) is 6.54. The number of aromatic hydroxyl groups is 1. The van der Waals surface area contributed by atoms with Crippen molar-refractivity contribution in [2.24, 2.45) is 0 Å². The van der Waals surface area contributed by atoms with E-state index in [0.29, 0.717) is 5.56 Å². The van der Waals surface area contributed by atoms with Crippen LogP contribution >= 0.6 is 34.8 Å². The van der Waals surface area contributed by atoms with Gasteiger partial charge in [-0.2, -0.15) is 0 Å². The molecule has 0 saturated heterocycles. The monoisotopic (exact) mass is 434 g/mol. The van der Waals surface area contributed by atoms with Gasteiger partial charge < -0.3 is 10.4 Å². The van der Waals surface area contributed by atoms with Crippen molar-refractivity contribution in [1.29, 1.82) is 0 Å². The van der Waals surface area contributed by atoms with Crippen molar-refractivity contribution in [1.82, 2.24) is 4.72 Å². The maximum atomic E-state index is 12.0. The average molecular weight is 436 g/mol. The Bertz CT molecular complexity index is 948. The van der Waals surface area contributed by atoms with Crippen LogP contribution in [0.2, 0.25) is 15.1 Å². The van der Waals surface area contributed by atoms with Crippen LogP contribution in [0.5, 0.6) is 5.75 Å². The van der Waals surface area contributed by atoms with Crippen molar-refractivity contribution in [3.63, 3.8) is 0 Å². The Labute approximate surface area is 165 Å². The van der Waals surface area contributed by atoms with Crippen LogP contribution in [0.4, 0.5) is 5.69 Å². The van der Waals surface area contributed by atoms with Crippen LogP contribution in [0.15, 0.2) is 41.3 Å². The SMILES string of the molecule is CNS(=O)(=O)c1ccc(/C=C/C(=O)Nc2c(O)c(Cl)cc(Cl)c2Cl)cc1. The lowest BCUT2D eigenvalue weighted by molar-refractivity contribution is -0.111. The van der Waals surface area contributed by atoms with E-state index in [1.54, 1.807) is 0 Å². The Hall–Kier alpha value is -1.77. The predicted octanol–water partition coefficient (Wildman–Crippen LogP) is 3.91. The van der Waals surface area contributed by atoms with Crippen LogP contribution in [0.25, 0.3) is 6.08 Å². The zero-order valence-electron chi connectivity index (χ0n) is 13.3. The number of halogens is 3. The highest BCUT2D eigenvalue weighted by atomic mass is 35.5. The fraction of sp³-hybridized carbons (Fsp3) is 0.0625. The second kappa shape index (κ2) is 8.28. The van der Waals surface area contributed by atoms with Gasteiger partial charge in [-0.15, -0.1) is 0 Å². The number of hydrogen-bond donors (Lipinski definition) is 3. The molecule has 0 bridgehead atoms. The molecule has 0 saturated carbocycles. The number of benzene rings is 2. The third-order valence-corrected chi connectivity index (χ3v) is 5.79. The molecule has 0 fully saturated rings. The summed E-state index contributed by atoms with van der Waals surface area (Å²) in [5.74, 6) is -0.989. The smallest absolute Gasteiger partial charge is 0.248 e. The third-order valence-electron chi connectivity index (χ3n) is 3.28. The maximum Gasteiger partial charge on any atom is 0.248 e. The van der Waals surface area contributed by atoms with Crippen molar-refractivity contribution in [2.75, 3.05) is 12.4 Å². The number of carbonyl (C=O) groups excluding carboxylic acids is 1. The fourth-order valence-electron chi connectivity index (χ4n) is 1.91. The summed E-state index contributed by atoms with van der Waals surface area (Å²) >= 11 is 17.6. The molecule has 0 aliphatic heterocycles. The first-order chi connectivity index (χ1) is 12.2. The van der Waals surface area contributed by atoms with E-state index in [1.165, 1.54) is 49.5 Å². The van der Waals surface area contributed by atoms with Gasteiger partial charge in [0.2, 0.25) is 15.9 Å². The summed E-state index contributed by atoms with van der Waals surface area (Å²) in [6.07, 6.45) is 2.65. The van der Waals surface area contributed by atoms with Crippen molar-refractivity contribution in [2.45, 2.75) is 4.90 Å². The first-order valence-corrected chi connectivity index (χ1v) is 9.66. The molecule has 0 aliphatic rings. The van der Waals surface area contributed by atoms with Crippen LogP contribution in [-0.2, 0) is 14.8 Å². The van der Waals surface area contributed by atoms with Gasteiger partial charge >= 0.3 is 0 Å². The van der Waals surface area contributed by atoms with Gasteiger partial charge in [-0.25, -0.2) is 13.1 Å². The lowest BCUT2D eigenvalue weighted by Gasteiger charge is -2.10. The lowest BCUT2D eigenvalue weighted by atomic mass is 10.2. The number of anilines is 1. The number of phenols is 1. The van der Waals surface area contributed by atoms with E-state index in [0.717, 1.165) is 0 Å². The van der Waals surface area contributed by atoms with Crippen LogP contribution in [0.1, 0.15) is 5.56 Å². The number of sulfonamides is 1. The minimum absolute atomic E-state index is 0.0445. The highest BCUT2D eigenvalue weighted by molar-refractivity contribution is 7.89. The lowest BCUT2D eigenvalue weighted by Crippen LogP contribution is -2.18. The quantitative estimate of drug-likeness (QED) is 0.377. The molecular formula is C16H13Cl3N2O4S. The molecule has 3 N–H and O–H groups in total. The molecule has 1 amide bonds. The molecule has 0 unspecified atom stereocenters. The second-order valence-corrected chi connectivity index (χ2v) is 8.06. The number of amides is 1. The van der Waals surface area contributed by atoms with E-state index >= 15 is 0 Å². The molecule has 0 radical (unpaired) electrons. The van der Waals surface area contributed by atoms with E-state index in [-0.39, 0.29) is 25.7 Å². The number of phenolic OH excluding ortho intramolecular Hbond substituents is 1. The van der Waals surface area contributed by atoms with Gasteiger partial charge in [-0.3, -0.25) is 4.79 Å². The summed E-state index contributed by atoms with van der Waals surface area (Å²) in [6.45, 7) is 0. The molecule has 0 atom stereocenters. The van der Waals surface area contributed by atoms with Crippen LogP contribution < -0.4 is 10.0 Å². The van der Waals surface area contributed by atoms with Gasteiger partial charge in [0.25, 0.3) is 0 Å². The molecule has 0 aliphatic carbocycles. The van der Waals surface area contributed by atoms with E-state index < -0.39 is 21.7 Å². The molecule has 138 valence electrons. The minimum Gasteiger partial charge on any atom is -0.504 e. The first kappa shape index (κ1) is 20.5. The van der Waals surface area contributed by atoms with Crippen molar-refractivity contribution < 1.29 is 18.3 Å². The number of hydrogen-bond acceptors (Lipinski definition) is 4. The number of carbonyl (C=O) groups is 1. The molecule has 26 heavy (non-hydrogen) atoms. The van der Waals surface area contributed by atoms with Gasteiger partial charge in [0.05, 0.1) is 20.0 Å². The van der Waals surface area contributed by atoms with Crippen molar-refractivity contribution in [3.05, 3.63) is 57.0 Å². The molecular weight excluding hydrogens is 423 g/mol.